The summed E-state index contributed by atoms with van der Waals surface area (Å²) in [5.74, 6) is 0.237. The van der Waals surface area contributed by atoms with E-state index in [0.29, 0.717) is 13.1 Å². The third-order valence-corrected chi connectivity index (χ3v) is 4.36. The van der Waals surface area contributed by atoms with Gasteiger partial charge in [0.05, 0.1) is 6.54 Å². The highest BCUT2D eigenvalue weighted by molar-refractivity contribution is 5.83. The topological polar surface area (TPSA) is 87.7 Å². The van der Waals surface area contributed by atoms with Gasteiger partial charge in [0.25, 0.3) is 0 Å². The number of hydrogen-bond donors (Lipinski definition) is 2. The third kappa shape index (κ3) is 4.84. The van der Waals surface area contributed by atoms with Crippen molar-refractivity contribution in [2.24, 2.45) is 11.8 Å². The van der Waals surface area contributed by atoms with Gasteiger partial charge in [-0.2, -0.15) is 0 Å². The lowest BCUT2D eigenvalue weighted by Gasteiger charge is -2.38. The average Bonchev–Trinajstić information content (AvgIpc) is 2.65. The van der Waals surface area contributed by atoms with Crippen molar-refractivity contribution in [3.8, 4) is 0 Å². The largest absolute Gasteiger partial charge is 0.444 e. The molecule has 2 bridgehead atoms. The quantitative estimate of drug-likeness (QED) is 0.806. The van der Waals surface area contributed by atoms with E-state index in [9.17, 15) is 14.4 Å². The van der Waals surface area contributed by atoms with E-state index in [2.05, 4.69) is 10.6 Å². The fourth-order valence-electron chi connectivity index (χ4n) is 3.42. The van der Waals surface area contributed by atoms with Gasteiger partial charge in [0.2, 0.25) is 11.8 Å². The Morgan fingerprint density at radius 3 is 2.17 bits per heavy atom. The smallest absolute Gasteiger partial charge is 0.407 e. The van der Waals surface area contributed by atoms with Crippen LogP contribution >= 0.6 is 0 Å². The Labute approximate surface area is 137 Å². The normalized spacial score (nSPS) is 26.6. The predicted octanol–water partition coefficient (Wildman–Crippen LogP) is 0.884. The van der Waals surface area contributed by atoms with E-state index in [-0.39, 0.29) is 36.2 Å². The van der Waals surface area contributed by atoms with Gasteiger partial charge >= 0.3 is 6.09 Å². The second-order valence-corrected chi connectivity index (χ2v) is 7.48. The van der Waals surface area contributed by atoms with Gasteiger partial charge in [-0.25, -0.2) is 4.79 Å². The Balaban J connectivity index is 1.88. The summed E-state index contributed by atoms with van der Waals surface area (Å²) in [6.45, 7) is 8.19. The van der Waals surface area contributed by atoms with Crippen molar-refractivity contribution in [2.75, 3.05) is 19.6 Å². The lowest BCUT2D eigenvalue weighted by atomic mass is 9.92. The fourth-order valence-corrected chi connectivity index (χ4v) is 3.42. The van der Waals surface area contributed by atoms with Crippen molar-refractivity contribution in [1.82, 2.24) is 15.5 Å². The van der Waals surface area contributed by atoms with E-state index >= 15 is 0 Å². The predicted molar refractivity (Wildman–Crippen MR) is 84.6 cm³/mol. The standard InChI is InChI=1S/C16H27N3O4/c1-10(20)17-7-13(21)19-8-11-5-6-12(9-19)14(11)18-15(22)23-16(2,3)4/h11-12,14H,5-9H2,1-4H3,(H,17,20)(H,18,22). The number of likely N-dealkylation sites (tertiary alicyclic amines) is 1. The fraction of sp³-hybridized carbons (Fsp3) is 0.812. The van der Waals surface area contributed by atoms with Gasteiger partial charge in [0.1, 0.15) is 5.60 Å². The number of carbonyl (C=O) groups excluding carboxylic acids is 3. The van der Waals surface area contributed by atoms with Crippen LogP contribution in [0.1, 0.15) is 40.5 Å². The maximum atomic E-state index is 12.1. The molecule has 2 unspecified atom stereocenters. The molecule has 0 spiro atoms. The number of hydrogen-bond acceptors (Lipinski definition) is 4. The Morgan fingerprint density at radius 1 is 1.13 bits per heavy atom. The van der Waals surface area contributed by atoms with Crippen LogP contribution in [0, 0.1) is 11.8 Å². The van der Waals surface area contributed by atoms with E-state index in [1.807, 2.05) is 20.8 Å². The lowest BCUT2D eigenvalue weighted by Crippen LogP contribution is -2.55. The number of nitrogens with zero attached hydrogens (tertiary/aromatic N) is 1. The summed E-state index contributed by atoms with van der Waals surface area (Å²) >= 11 is 0. The van der Waals surface area contributed by atoms with Crippen LogP contribution in [-0.4, -0.2) is 54.1 Å². The molecule has 2 N–H and O–H groups in total. The van der Waals surface area contributed by atoms with Gasteiger partial charge in [-0.05, 0) is 45.4 Å². The number of ether oxygens (including phenoxy) is 1. The first-order valence-corrected chi connectivity index (χ1v) is 8.17. The van der Waals surface area contributed by atoms with Crippen LogP contribution in [0.15, 0.2) is 0 Å². The minimum atomic E-state index is -0.516. The third-order valence-electron chi connectivity index (χ3n) is 4.36. The molecule has 0 aromatic rings. The van der Waals surface area contributed by atoms with Crippen LogP contribution in [0.3, 0.4) is 0 Å². The molecule has 23 heavy (non-hydrogen) atoms. The summed E-state index contributed by atoms with van der Waals surface area (Å²) in [4.78, 5) is 36.8. The highest BCUT2D eigenvalue weighted by atomic mass is 16.6. The molecule has 2 atom stereocenters. The maximum absolute atomic E-state index is 12.1. The first-order chi connectivity index (χ1) is 10.7. The molecule has 7 nitrogen and oxygen atoms in total. The summed E-state index contributed by atoms with van der Waals surface area (Å²) in [6, 6.07) is 0.0645. The highest BCUT2D eigenvalue weighted by Gasteiger charge is 2.44. The van der Waals surface area contributed by atoms with E-state index in [0.717, 1.165) is 12.8 Å². The number of alkyl carbamates (subject to hydrolysis) is 1. The summed E-state index contributed by atoms with van der Waals surface area (Å²) < 4.78 is 5.33. The average molecular weight is 325 g/mol. The first-order valence-electron chi connectivity index (χ1n) is 8.17. The van der Waals surface area contributed by atoms with Crippen LogP contribution in [0.25, 0.3) is 0 Å². The van der Waals surface area contributed by atoms with E-state index < -0.39 is 11.7 Å². The van der Waals surface area contributed by atoms with Crippen LogP contribution in [0.2, 0.25) is 0 Å². The van der Waals surface area contributed by atoms with Gasteiger partial charge < -0.3 is 20.3 Å². The zero-order valence-corrected chi connectivity index (χ0v) is 14.3. The molecule has 0 aromatic carbocycles. The minimum Gasteiger partial charge on any atom is -0.444 e. The number of rotatable bonds is 3. The van der Waals surface area contributed by atoms with Gasteiger partial charge in [-0.15, -0.1) is 0 Å². The Bertz CT molecular complexity index is 472. The Hall–Kier alpha value is -1.79. The first kappa shape index (κ1) is 17.6. The summed E-state index contributed by atoms with van der Waals surface area (Å²) in [5.41, 5.74) is -0.516. The van der Waals surface area contributed by atoms with E-state index in [1.54, 1.807) is 4.90 Å². The van der Waals surface area contributed by atoms with Crippen molar-refractivity contribution < 1.29 is 19.1 Å². The number of nitrogens with one attached hydrogen (secondary N) is 2. The maximum Gasteiger partial charge on any atom is 0.407 e. The van der Waals surface area contributed by atoms with Gasteiger partial charge in [0, 0.05) is 26.1 Å². The number of carbonyl (C=O) groups is 3. The SMILES string of the molecule is CC(=O)NCC(=O)N1CC2CCC(C1)C2NC(=O)OC(C)(C)C. The minimum absolute atomic E-state index is 0.0406. The molecular formula is C16H27N3O4. The second kappa shape index (κ2) is 6.76. The molecule has 1 heterocycles. The highest BCUT2D eigenvalue weighted by Crippen LogP contribution is 2.37. The second-order valence-electron chi connectivity index (χ2n) is 7.48. The zero-order valence-electron chi connectivity index (χ0n) is 14.3. The van der Waals surface area contributed by atoms with Crippen molar-refractivity contribution in [2.45, 2.75) is 52.2 Å². The van der Waals surface area contributed by atoms with E-state index in [1.165, 1.54) is 6.92 Å². The molecule has 2 aliphatic rings. The summed E-state index contributed by atoms with van der Waals surface area (Å²) in [7, 11) is 0. The van der Waals surface area contributed by atoms with Crippen LogP contribution in [0.4, 0.5) is 4.79 Å². The molecule has 7 heteroatoms. The van der Waals surface area contributed by atoms with Gasteiger partial charge in [-0.3, -0.25) is 9.59 Å². The molecule has 1 aliphatic carbocycles. The zero-order chi connectivity index (χ0) is 17.2. The molecule has 0 aromatic heterocycles. The molecule has 130 valence electrons. The molecule has 0 radical (unpaired) electrons. The molecular weight excluding hydrogens is 298 g/mol. The molecule has 2 rings (SSSR count). The van der Waals surface area contributed by atoms with Gasteiger partial charge in [-0.1, -0.05) is 0 Å². The van der Waals surface area contributed by atoms with Gasteiger partial charge in [0.15, 0.2) is 0 Å². The molecule has 1 aliphatic heterocycles. The molecule has 1 saturated carbocycles. The van der Waals surface area contributed by atoms with E-state index in [4.69, 9.17) is 4.74 Å². The number of fused-ring (bicyclic) bond motifs is 2. The van der Waals surface area contributed by atoms with Crippen LogP contribution in [0.5, 0.6) is 0 Å². The lowest BCUT2D eigenvalue weighted by molar-refractivity contribution is -0.134. The Kier molecular flexibility index (Phi) is 5.16. The Morgan fingerprint density at radius 2 is 1.70 bits per heavy atom. The van der Waals surface area contributed by atoms with Crippen molar-refractivity contribution in [3.05, 3.63) is 0 Å². The number of piperidine rings is 1. The van der Waals surface area contributed by atoms with Crippen LogP contribution in [-0.2, 0) is 14.3 Å². The molecule has 1 saturated heterocycles. The summed E-state index contributed by atoms with van der Waals surface area (Å²) in [6.07, 6.45) is 1.60. The number of amides is 3. The monoisotopic (exact) mass is 325 g/mol. The molecule has 3 amide bonds. The summed E-state index contributed by atoms with van der Waals surface area (Å²) in [5, 5.41) is 5.52. The van der Waals surface area contributed by atoms with Crippen molar-refractivity contribution in [3.63, 3.8) is 0 Å². The van der Waals surface area contributed by atoms with Crippen molar-refractivity contribution >= 4 is 17.9 Å². The van der Waals surface area contributed by atoms with Crippen LogP contribution < -0.4 is 10.6 Å². The van der Waals surface area contributed by atoms with Crippen molar-refractivity contribution in [1.29, 1.82) is 0 Å². The molecule has 2 fully saturated rings.